The highest BCUT2D eigenvalue weighted by Crippen LogP contribution is 2.37. The monoisotopic (exact) mass is 495 g/mol. The quantitative estimate of drug-likeness (QED) is 0.448. The summed E-state index contributed by atoms with van der Waals surface area (Å²) in [5.41, 5.74) is 0. The number of hydrogen-bond acceptors (Lipinski definition) is 4. The van der Waals surface area contributed by atoms with Gasteiger partial charge in [0.05, 0.1) is 6.61 Å². The largest absolute Gasteiger partial charge is 0.412 e. The van der Waals surface area contributed by atoms with Gasteiger partial charge < -0.3 is 36.7 Å². The van der Waals surface area contributed by atoms with E-state index >= 15 is 0 Å². The summed E-state index contributed by atoms with van der Waals surface area (Å²) in [6.45, 7) is 15.8. The first-order valence-corrected chi connectivity index (χ1v) is 13.4. The molecule has 1 aliphatic carbocycles. The normalized spacial score (nSPS) is 30.1. The van der Waals surface area contributed by atoms with Crippen LogP contribution < -0.4 is 10.6 Å². The zero-order valence-corrected chi connectivity index (χ0v) is 22.1. The van der Waals surface area contributed by atoms with Gasteiger partial charge in [-0.2, -0.15) is 0 Å². The molecule has 2 unspecified atom stereocenters. The van der Waals surface area contributed by atoms with Crippen molar-refractivity contribution >= 4 is 11.6 Å². The fraction of sp³-hybridized carbons (Fsp3) is 1.00. The van der Waals surface area contributed by atoms with Gasteiger partial charge in [-0.25, -0.2) is 0 Å². The van der Waals surface area contributed by atoms with Crippen LogP contribution in [0.2, 0.25) is 0 Å². The molecule has 0 aromatic carbocycles. The van der Waals surface area contributed by atoms with Gasteiger partial charge in [0, 0.05) is 31.1 Å². The maximum absolute atomic E-state index is 6.32. The van der Waals surface area contributed by atoms with Crippen molar-refractivity contribution in [3.05, 3.63) is 0 Å². The molecule has 3 atom stereocenters. The average Bonchev–Trinajstić information content (AvgIpc) is 2.76. The summed E-state index contributed by atoms with van der Waals surface area (Å²) in [7, 11) is 0. The Kier molecular flexibility index (Phi) is 17.4. The Balaban J connectivity index is 0.00000341. The molecule has 1 saturated carbocycles. The van der Waals surface area contributed by atoms with Gasteiger partial charge in [-0.15, -0.1) is 11.6 Å². The second-order valence-electron chi connectivity index (χ2n) is 10.7. The predicted octanol–water partition coefficient (Wildman–Crippen LogP) is 1.90. The van der Waals surface area contributed by atoms with E-state index in [4.69, 9.17) is 16.3 Å². The third-order valence-electron chi connectivity index (χ3n) is 8.02. The second kappa shape index (κ2) is 17.4. The lowest BCUT2D eigenvalue weighted by Gasteiger charge is -2.40. The lowest BCUT2D eigenvalue weighted by molar-refractivity contribution is 0.0865. The van der Waals surface area contributed by atoms with Crippen molar-refractivity contribution in [3.63, 3.8) is 0 Å². The summed E-state index contributed by atoms with van der Waals surface area (Å²) in [6.07, 6.45) is 9.31. The van der Waals surface area contributed by atoms with Crippen molar-refractivity contribution in [1.29, 1.82) is 0 Å². The number of ether oxygens (including phenoxy) is 1. The number of hydrogen-bond donors (Lipinski definition) is 2. The topological polar surface area (TPSA) is 131 Å². The van der Waals surface area contributed by atoms with Gasteiger partial charge in [0.25, 0.3) is 0 Å². The van der Waals surface area contributed by atoms with Crippen molar-refractivity contribution in [2.24, 2.45) is 29.6 Å². The summed E-state index contributed by atoms with van der Waals surface area (Å²) < 4.78 is 5.67. The zero-order chi connectivity index (χ0) is 21.3. The number of rotatable bonds is 10. The minimum atomic E-state index is 0. The summed E-state index contributed by atoms with van der Waals surface area (Å²) in [5.74, 6) is 3.98. The number of piperidine rings is 2. The SMILES string of the molecule is CCOCC1CNCC(CN[C@@H](CN2CCC(C3CCC(Cl)CC3)CC2)C(C)C)C1.O.O.O. The van der Waals surface area contributed by atoms with Crippen LogP contribution in [0.4, 0.5) is 0 Å². The molecule has 3 rings (SSSR count). The minimum Gasteiger partial charge on any atom is -0.412 e. The number of halogens is 1. The molecule has 200 valence electrons. The van der Waals surface area contributed by atoms with Crippen LogP contribution >= 0.6 is 11.6 Å². The smallest absolute Gasteiger partial charge is 0.0506 e. The number of nitrogens with zero attached hydrogens (tertiary/aromatic N) is 1. The lowest BCUT2D eigenvalue weighted by atomic mass is 9.75. The van der Waals surface area contributed by atoms with Crippen LogP contribution in [-0.4, -0.2) is 85.2 Å². The Morgan fingerprint density at radius 1 is 0.939 bits per heavy atom. The standard InChI is InChI=1S/C25H48ClN3O.3H2O/c1-4-30-18-21-13-20(14-27-15-21)16-28-25(19(2)3)17-29-11-9-23(10-12-29)22-5-7-24(26)8-6-22;;;/h19-25,27-28H,4-18H2,1-3H3;3*1H2/t20?,21?,22?,24?,25-;;;/m0.../s1. The van der Waals surface area contributed by atoms with Crippen LogP contribution in [0, 0.1) is 29.6 Å². The van der Waals surface area contributed by atoms with Gasteiger partial charge in [-0.1, -0.05) is 13.8 Å². The van der Waals surface area contributed by atoms with E-state index < -0.39 is 0 Å². The fourth-order valence-corrected chi connectivity index (χ4v) is 6.21. The van der Waals surface area contributed by atoms with Gasteiger partial charge in [0.2, 0.25) is 0 Å². The molecule has 0 spiro atoms. The van der Waals surface area contributed by atoms with E-state index in [0.29, 0.717) is 23.3 Å². The van der Waals surface area contributed by atoms with Crippen LogP contribution in [0.3, 0.4) is 0 Å². The Morgan fingerprint density at radius 3 is 2.15 bits per heavy atom. The van der Waals surface area contributed by atoms with Crippen LogP contribution in [0.15, 0.2) is 0 Å². The maximum atomic E-state index is 6.32. The molecule has 33 heavy (non-hydrogen) atoms. The highest BCUT2D eigenvalue weighted by molar-refractivity contribution is 6.20. The molecule has 0 aromatic heterocycles. The molecule has 3 aliphatic rings. The molecular formula is C25H54ClN3O4. The van der Waals surface area contributed by atoms with Crippen LogP contribution in [0.1, 0.15) is 65.7 Å². The van der Waals surface area contributed by atoms with Crippen LogP contribution in [0.5, 0.6) is 0 Å². The van der Waals surface area contributed by atoms with E-state index in [-0.39, 0.29) is 16.4 Å². The fourth-order valence-electron chi connectivity index (χ4n) is 5.96. The predicted molar refractivity (Wildman–Crippen MR) is 139 cm³/mol. The molecule has 2 saturated heterocycles. The molecule has 7 nitrogen and oxygen atoms in total. The summed E-state index contributed by atoms with van der Waals surface area (Å²) in [6, 6.07) is 0.598. The van der Waals surface area contributed by atoms with Crippen LogP contribution in [-0.2, 0) is 4.74 Å². The number of alkyl halides is 1. The van der Waals surface area contributed by atoms with Crippen molar-refractivity contribution < 1.29 is 21.2 Å². The van der Waals surface area contributed by atoms with Crippen molar-refractivity contribution in [3.8, 4) is 0 Å². The molecule has 8 N–H and O–H groups in total. The van der Waals surface area contributed by atoms with E-state index in [1.165, 1.54) is 64.6 Å². The van der Waals surface area contributed by atoms with E-state index in [2.05, 4.69) is 36.3 Å². The number of nitrogens with one attached hydrogen (secondary N) is 2. The molecule has 3 fully saturated rings. The Bertz CT molecular complexity index is 473. The Labute approximate surface area is 207 Å². The van der Waals surface area contributed by atoms with Gasteiger partial charge in [-0.05, 0) is 108 Å². The highest BCUT2D eigenvalue weighted by Gasteiger charge is 2.31. The van der Waals surface area contributed by atoms with Gasteiger partial charge in [0.1, 0.15) is 0 Å². The molecule has 0 aromatic rings. The summed E-state index contributed by atoms with van der Waals surface area (Å²) in [4.78, 5) is 2.73. The minimum absolute atomic E-state index is 0. The average molecular weight is 496 g/mol. The highest BCUT2D eigenvalue weighted by atomic mass is 35.5. The first kappa shape index (κ1) is 33.0. The van der Waals surface area contributed by atoms with Gasteiger partial charge in [0.15, 0.2) is 0 Å². The number of likely N-dealkylation sites (tertiary alicyclic amines) is 1. The van der Waals surface area contributed by atoms with Crippen molar-refractivity contribution in [2.45, 2.75) is 77.1 Å². The summed E-state index contributed by atoms with van der Waals surface area (Å²) >= 11 is 6.32. The third-order valence-corrected chi connectivity index (χ3v) is 8.46. The summed E-state index contributed by atoms with van der Waals surface area (Å²) in [5, 5.41) is 8.04. The molecule has 0 bridgehead atoms. The molecule has 0 radical (unpaired) electrons. The van der Waals surface area contributed by atoms with E-state index in [9.17, 15) is 0 Å². The zero-order valence-electron chi connectivity index (χ0n) is 21.4. The first-order chi connectivity index (χ1) is 14.5. The van der Waals surface area contributed by atoms with E-state index in [1.54, 1.807) is 0 Å². The van der Waals surface area contributed by atoms with Crippen molar-refractivity contribution in [2.75, 3.05) is 52.5 Å². The van der Waals surface area contributed by atoms with Crippen LogP contribution in [0.25, 0.3) is 0 Å². The molecule has 8 heteroatoms. The van der Waals surface area contributed by atoms with E-state index in [1.807, 2.05) is 0 Å². The second-order valence-corrected chi connectivity index (χ2v) is 11.3. The first-order valence-electron chi connectivity index (χ1n) is 12.9. The maximum Gasteiger partial charge on any atom is 0.0506 e. The molecule has 2 heterocycles. The molecule has 2 aliphatic heterocycles. The third kappa shape index (κ3) is 11.1. The lowest BCUT2D eigenvalue weighted by Crippen LogP contribution is -2.50. The van der Waals surface area contributed by atoms with Gasteiger partial charge in [-0.3, -0.25) is 0 Å². The van der Waals surface area contributed by atoms with Gasteiger partial charge >= 0.3 is 0 Å². The Morgan fingerprint density at radius 2 is 1.55 bits per heavy atom. The molecular weight excluding hydrogens is 442 g/mol. The molecule has 0 amide bonds. The van der Waals surface area contributed by atoms with E-state index in [0.717, 1.165) is 50.6 Å². The Hall–Kier alpha value is 0.01000. The van der Waals surface area contributed by atoms with Crippen molar-refractivity contribution in [1.82, 2.24) is 15.5 Å².